The molecule has 2 atom stereocenters. The number of fused-ring (bicyclic) bond motifs is 1. The second-order valence-corrected chi connectivity index (χ2v) is 6.66. The third kappa shape index (κ3) is 1.75. The number of aromatic nitrogens is 1. The number of rotatable bonds is 1. The SMILES string of the molecule is CC1(C)C2CNCC2CN1c1ncc(Br)cc1F. The Labute approximate surface area is 115 Å². The minimum atomic E-state index is -0.245. The van der Waals surface area contributed by atoms with E-state index in [4.69, 9.17) is 0 Å². The molecule has 3 rings (SSSR count). The van der Waals surface area contributed by atoms with E-state index in [0.29, 0.717) is 22.1 Å². The first kappa shape index (κ1) is 12.4. The zero-order valence-corrected chi connectivity index (χ0v) is 12.2. The molecule has 0 aliphatic carbocycles. The largest absolute Gasteiger partial charge is 0.348 e. The summed E-state index contributed by atoms with van der Waals surface area (Å²) >= 11 is 3.25. The molecule has 18 heavy (non-hydrogen) atoms. The predicted molar refractivity (Wildman–Crippen MR) is 73.2 cm³/mol. The van der Waals surface area contributed by atoms with Crippen LogP contribution in [-0.2, 0) is 0 Å². The van der Waals surface area contributed by atoms with Gasteiger partial charge in [0.1, 0.15) is 0 Å². The smallest absolute Gasteiger partial charge is 0.166 e. The molecule has 0 spiro atoms. The third-order valence-corrected chi connectivity index (χ3v) is 4.84. The standard InChI is InChI=1S/C13H17BrFN3/c1-13(2)10-6-16-4-8(10)7-18(13)12-11(15)3-9(14)5-17-12/h3,5,8,10,16H,4,6-7H2,1-2H3. The van der Waals surface area contributed by atoms with Gasteiger partial charge in [0.2, 0.25) is 0 Å². The molecule has 1 N–H and O–H groups in total. The average molecular weight is 314 g/mol. The van der Waals surface area contributed by atoms with Crippen molar-refractivity contribution in [3.63, 3.8) is 0 Å². The summed E-state index contributed by atoms with van der Waals surface area (Å²) in [5, 5.41) is 3.43. The Morgan fingerprint density at radius 1 is 1.50 bits per heavy atom. The van der Waals surface area contributed by atoms with Crippen molar-refractivity contribution in [2.24, 2.45) is 11.8 Å². The predicted octanol–water partition coefficient (Wildman–Crippen LogP) is 2.42. The van der Waals surface area contributed by atoms with E-state index in [1.807, 2.05) is 0 Å². The Kier molecular flexibility index (Phi) is 2.86. The van der Waals surface area contributed by atoms with Gasteiger partial charge in [0.25, 0.3) is 0 Å². The van der Waals surface area contributed by atoms with Gasteiger partial charge in [-0.3, -0.25) is 0 Å². The molecule has 2 aliphatic rings. The topological polar surface area (TPSA) is 28.2 Å². The normalized spacial score (nSPS) is 29.7. The lowest BCUT2D eigenvalue weighted by Crippen LogP contribution is -2.45. The van der Waals surface area contributed by atoms with Crippen LogP contribution < -0.4 is 10.2 Å². The fourth-order valence-corrected chi connectivity index (χ4v) is 3.69. The highest BCUT2D eigenvalue weighted by atomic mass is 79.9. The van der Waals surface area contributed by atoms with E-state index in [1.54, 1.807) is 6.20 Å². The number of hydrogen-bond acceptors (Lipinski definition) is 3. The van der Waals surface area contributed by atoms with Gasteiger partial charge in [-0.05, 0) is 47.7 Å². The van der Waals surface area contributed by atoms with Gasteiger partial charge in [0.05, 0.1) is 0 Å². The van der Waals surface area contributed by atoms with Crippen molar-refractivity contribution in [2.45, 2.75) is 19.4 Å². The molecule has 0 radical (unpaired) electrons. The van der Waals surface area contributed by atoms with Crippen molar-refractivity contribution in [2.75, 3.05) is 24.5 Å². The molecule has 0 bridgehead atoms. The van der Waals surface area contributed by atoms with Gasteiger partial charge < -0.3 is 10.2 Å². The Morgan fingerprint density at radius 3 is 2.94 bits per heavy atom. The number of nitrogens with one attached hydrogen (secondary N) is 1. The molecule has 5 heteroatoms. The van der Waals surface area contributed by atoms with Crippen molar-refractivity contribution >= 4 is 21.7 Å². The summed E-state index contributed by atoms with van der Waals surface area (Å²) in [7, 11) is 0. The maximum absolute atomic E-state index is 14.1. The molecule has 0 amide bonds. The molecule has 3 nitrogen and oxygen atoms in total. The van der Waals surface area contributed by atoms with E-state index >= 15 is 0 Å². The van der Waals surface area contributed by atoms with E-state index in [9.17, 15) is 4.39 Å². The Balaban J connectivity index is 1.97. The summed E-state index contributed by atoms with van der Waals surface area (Å²) in [6.07, 6.45) is 1.67. The van der Waals surface area contributed by atoms with Crippen LogP contribution in [-0.4, -0.2) is 30.2 Å². The first-order chi connectivity index (χ1) is 8.50. The molecule has 2 unspecified atom stereocenters. The molecule has 2 saturated heterocycles. The van der Waals surface area contributed by atoms with Gasteiger partial charge in [-0.25, -0.2) is 9.37 Å². The number of halogens is 2. The highest BCUT2D eigenvalue weighted by Gasteiger charge is 2.50. The zero-order chi connectivity index (χ0) is 12.9. The van der Waals surface area contributed by atoms with Crippen LogP contribution in [0.1, 0.15) is 13.8 Å². The molecule has 1 aromatic rings. The first-order valence-electron chi connectivity index (χ1n) is 6.29. The van der Waals surface area contributed by atoms with Crippen LogP contribution >= 0.6 is 15.9 Å². The van der Waals surface area contributed by atoms with Gasteiger partial charge >= 0.3 is 0 Å². The van der Waals surface area contributed by atoms with E-state index in [2.05, 4.69) is 45.0 Å². The van der Waals surface area contributed by atoms with E-state index in [1.165, 1.54) is 6.07 Å². The lowest BCUT2D eigenvalue weighted by molar-refractivity contribution is 0.354. The van der Waals surface area contributed by atoms with E-state index in [-0.39, 0.29) is 11.4 Å². The van der Waals surface area contributed by atoms with Crippen molar-refractivity contribution in [1.82, 2.24) is 10.3 Å². The van der Waals surface area contributed by atoms with Gasteiger partial charge in [0, 0.05) is 35.8 Å². The van der Waals surface area contributed by atoms with Gasteiger partial charge in [-0.2, -0.15) is 0 Å². The van der Waals surface area contributed by atoms with Crippen LogP contribution in [0.2, 0.25) is 0 Å². The quantitative estimate of drug-likeness (QED) is 0.863. The molecule has 3 heterocycles. The van der Waals surface area contributed by atoms with E-state index < -0.39 is 0 Å². The maximum Gasteiger partial charge on any atom is 0.166 e. The molecule has 2 fully saturated rings. The third-order valence-electron chi connectivity index (χ3n) is 4.40. The number of anilines is 1. The molecule has 98 valence electrons. The molecule has 0 saturated carbocycles. The minimum Gasteiger partial charge on any atom is -0.348 e. The zero-order valence-electron chi connectivity index (χ0n) is 10.6. The van der Waals surface area contributed by atoms with Crippen molar-refractivity contribution in [3.8, 4) is 0 Å². The monoisotopic (exact) mass is 313 g/mol. The van der Waals surface area contributed by atoms with Crippen molar-refractivity contribution < 1.29 is 4.39 Å². The molecule has 0 aromatic carbocycles. The first-order valence-corrected chi connectivity index (χ1v) is 7.09. The van der Waals surface area contributed by atoms with Crippen LogP contribution in [0.5, 0.6) is 0 Å². The Bertz CT molecular complexity index is 477. The average Bonchev–Trinajstić information content (AvgIpc) is 2.82. The summed E-state index contributed by atoms with van der Waals surface area (Å²) in [5.74, 6) is 1.41. The van der Waals surface area contributed by atoms with Crippen LogP contribution in [0.3, 0.4) is 0 Å². The second kappa shape index (κ2) is 4.17. The lowest BCUT2D eigenvalue weighted by Gasteiger charge is -2.36. The van der Waals surface area contributed by atoms with Crippen LogP contribution in [0, 0.1) is 17.7 Å². The highest BCUT2D eigenvalue weighted by molar-refractivity contribution is 9.10. The molecule has 1 aromatic heterocycles. The van der Waals surface area contributed by atoms with Crippen molar-refractivity contribution in [1.29, 1.82) is 0 Å². The molecular formula is C13H17BrFN3. The molecular weight excluding hydrogens is 297 g/mol. The highest BCUT2D eigenvalue weighted by Crippen LogP contribution is 2.43. The van der Waals surface area contributed by atoms with Gasteiger partial charge in [0.15, 0.2) is 11.6 Å². The van der Waals surface area contributed by atoms with Crippen LogP contribution in [0.15, 0.2) is 16.7 Å². The van der Waals surface area contributed by atoms with Crippen LogP contribution in [0.25, 0.3) is 0 Å². The lowest BCUT2D eigenvalue weighted by atomic mass is 9.85. The number of pyridine rings is 1. The number of nitrogens with zero attached hydrogens (tertiary/aromatic N) is 2. The summed E-state index contributed by atoms with van der Waals surface area (Å²) in [6.45, 7) is 7.31. The Morgan fingerprint density at radius 2 is 2.28 bits per heavy atom. The van der Waals surface area contributed by atoms with Gasteiger partial charge in [-0.15, -0.1) is 0 Å². The summed E-state index contributed by atoms with van der Waals surface area (Å²) < 4.78 is 14.8. The van der Waals surface area contributed by atoms with Gasteiger partial charge in [-0.1, -0.05) is 0 Å². The van der Waals surface area contributed by atoms with Crippen LogP contribution in [0.4, 0.5) is 10.2 Å². The molecule has 2 aliphatic heterocycles. The summed E-state index contributed by atoms with van der Waals surface area (Å²) in [5.41, 5.74) is -0.0458. The summed E-state index contributed by atoms with van der Waals surface area (Å²) in [4.78, 5) is 6.40. The van der Waals surface area contributed by atoms with E-state index in [0.717, 1.165) is 19.6 Å². The Hall–Kier alpha value is -0.680. The number of hydrogen-bond donors (Lipinski definition) is 1. The van der Waals surface area contributed by atoms with Crippen molar-refractivity contribution in [3.05, 3.63) is 22.6 Å². The second-order valence-electron chi connectivity index (χ2n) is 5.75. The summed E-state index contributed by atoms with van der Waals surface area (Å²) in [6, 6.07) is 1.49. The fourth-order valence-electron chi connectivity index (χ4n) is 3.39. The maximum atomic E-state index is 14.1. The minimum absolute atomic E-state index is 0.0458. The fraction of sp³-hybridized carbons (Fsp3) is 0.615.